The fourth-order valence-corrected chi connectivity index (χ4v) is 4.27. The Morgan fingerprint density at radius 2 is 2.26 bits per heavy atom. The second-order valence-corrected chi connectivity index (χ2v) is 7.48. The number of amides is 1. The predicted octanol–water partition coefficient (Wildman–Crippen LogP) is 2.77. The highest BCUT2D eigenvalue weighted by Crippen LogP contribution is 2.32. The van der Waals surface area contributed by atoms with Crippen molar-refractivity contribution in [2.24, 2.45) is 0 Å². The monoisotopic (exact) mass is 383 g/mol. The van der Waals surface area contributed by atoms with Crippen molar-refractivity contribution in [2.45, 2.75) is 32.1 Å². The largest absolute Gasteiger partial charge is 0.370 e. The van der Waals surface area contributed by atoms with Crippen LogP contribution in [0.25, 0.3) is 10.9 Å². The predicted molar refractivity (Wildman–Crippen MR) is 99.6 cm³/mol. The van der Waals surface area contributed by atoms with Gasteiger partial charge >= 0.3 is 0 Å². The van der Waals surface area contributed by atoms with Crippen LogP contribution < -0.4 is 0 Å². The molecule has 7 nitrogen and oxygen atoms in total. The molecule has 5 rings (SSSR count). The molecule has 0 spiro atoms. The number of aromatic nitrogens is 4. The van der Waals surface area contributed by atoms with Crippen molar-refractivity contribution in [3.8, 4) is 0 Å². The molecule has 0 aliphatic carbocycles. The fourth-order valence-electron chi connectivity index (χ4n) is 4.05. The highest BCUT2D eigenvalue weighted by atomic mass is 35.5. The van der Waals surface area contributed by atoms with Crippen LogP contribution in [0, 0.1) is 6.92 Å². The maximum absolute atomic E-state index is 13.4. The lowest BCUT2D eigenvalue weighted by atomic mass is 9.98. The number of carbonyl (C=O) groups is 1. The van der Waals surface area contributed by atoms with Crippen molar-refractivity contribution >= 4 is 28.4 Å². The Hall–Kier alpha value is -2.51. The number of rotatable bonds is 1. The summed E-state index contributed by atoms with van der Waals surface area (Å²) in [4.78, 5) is 19.7. The highest BCUT2D eigenvalue weighted by Gasteiger charge is 2.38. The van der Waals surface area contributed by atoms with E-state index in [0.29, 0.717) is 35.8 Å². The first kappa shape index (κ1) is 16.6. The van der Waals surface area contributed by atoms with E-state index in [-0.39, 0.29) is 18.1 Å². The van der Waals surface area contributed by atoms with Gasteiger partial charge < -0.3 is 9.64 Å². The minimum atomic E-state index is -0.0153. The van der Waals surface area contributed by atoms with Crippen molar-refractivity contribution < 1.29 is 9.53 Å². The molecule has 3 aromatic rings. The van der Waals surface area contributed by atoms with Crippen LogP contribution in [0.5, 0.6) is 0 Å². The van der Waals surface area contributed by atoms with Gasteiger partial charge in [-0.05, 0) is 25.5 Å². The summed E-state index contributed by atoms with van der Waals surface area (Å²) in [6.07, 6.45) is 2.56. The molecular weight excluding hydrogens is 366 g/mol. The summed E-state index contributed by atoms with van der Waals surface area (Å²) in [5, 5.41) is 9.53. The van der Waals surface area contributed by atoms with Crippen molar-refractivity contribution in [2.75, 3.05) is 13.1 Å². The Balaban J connectivity index is 1.51. The van der Waals surface area contributed by atoms with Crippen molar-refractivity contribution in [1.82, 2.24) is 24.9 Å². The Bertz CT molecular complexity index is 1050. The van der Waals surface area contributed by atoms with E-state index >= 15 is 0 Å². The van der Waals surface area contributed by atoms with Gasteiger partial charge in [-0.25, -0.2) is 4.68 Å². The molecule has 2 atom stereocenters. The summed E-state index contributed by atoms with van der Waals surface area (Å²) in [6, 6.07) is 7.37. The van der Waals surface area contributed by atoms with Crippen LogP contribution in [-0.2, 0) is 11.3 Å². The molecule has 1 saturated heterocycles. The van der Waals surface area contributed by atoms with Crippen LogP contribution in [0.2, 0.25) is 5.02 Å². The molecule has 2 aliphatic rings. The van der Waals surface area contributed by atoms with Gasteiger partial charge in [0.1, 0.15) is 0 Å². The average molecular weight is 384 g/mol. The van der Waals surface area contributed by atoms with Crippen LogP contribution in [0.1, 0.15) is 34.2 Å². The first-order valence-electron chi connectivity index (χ1n) is 8.97. The summed E-state index contributed by atoms with van der Waals surface area (Å²) < 4.78 is 7.84. The number of benzene rings is 1. The Morgan fingerprint density at radius 1 is 1.37 bits per heavy atom. The molecule has 1 amide bonds. The number of aryl methyl sites for hydroxylation is 1. The van der Waals surface area contributed by atoms with Crippen molar-refractivity contribution in [3.63, 3.8) is 0 Å². The molecule has 1 aromatic carbocycles. The van der Waals surface area contributed by atoms with E-state index in [2.05, 4.69) is 15.3 Å². The zero-order valence-electron chi connectivity index (χ0n) is 14.8. The second-order valence-electron chi connectivity index (χ2n) is 7.07. The van der Waals surface area contributed by atoms with Crippen LogP contribution >= 0.6 is 11.6 Å². The van der Waals surface area contributed by atoms with Gasteiger partial charge in [0.25, 0.3) is 5.91 Å². The summed E-state index contributed by atoms with van der Waals surface area (Å²) in [6.45, 7) is 3.59. The molecule has 27 heavy (non-hydrogen) atoms. The quantitative estimate of drug-likeness (QED) is 0.646. The van der Waals surface area contributed by atoms with Gasteiger partial charge in [-0.15, -0.1) is 5.10 Å². The number of nitrogens with zero attached hydrogens (tertiary/aromatic N) is 5. The smallest absolute Gasteiger partial charge is 0.254 e. The Labute approximate surface area is 160 Å². The molecular formula is C19H18ClN5O2. The normalized spacial score (nSPS) is 21.8. The second kappa shape index (κ2) is 6.28. The zero-order chi connectivity index (χ0) is 18.5. The van der Waals surface area contributed by atoms with Crippen LogP contribution in [0.4, 0.5) is 0 Å². The van der Waals surface area contributed by atoms with Crippen molar-refractivity contribution in [1.29, 1.82) is 0 Å². The average Bonchev–Trinajstić information content (AvgIpc) is 3.16. The molecule has 4 heterocycles. The maximum Gasteiger partial charge on any atom is 0.254 e. The number of halogens is 1. The van der Waals surface area contributed by atoms with Crippen molar-refractivity contribution in [3.05, 3.63) is 52.4 Å². The summed E-state index contributed by atoms with van der Waals surface area (Å²) in [7, 11) is 0. The topological polar surface area (TPSA) is 73.1 Å². The van der Waals surface area contributed by atoms with Gasteiger partial charge in [-0.3, -0.25) is 9.78 Å². The third-order valence-electron chi connectivity index (χ3n) is 5.36. The number of ether oxygens (including phenoxy) is 1. The molecule has 1 fully saturated rings. The van der Waals surface area contributed by atoms with Gasteiger partial charge in [0.15, 0.2) is 0 Å². The van der Waals surface area contributed by atoms with Gasteiger partial charge in [-0.2, -0.15) is 0 Å². The molecule has 8 heteroatoms. The minimum Gasteiger partial charge on any atom is -0.370 e. The van der Waals surface area contributed by atoms with E-state index in [1.807, 2.05) is 34.7 Å². The number of para-hydroxylation sites is 1. The molecule has 0 radical (unpaired) electrons. The molecule has 2 aliphatic heterocycles. The van der Waals surface area contributed by atoms with E-state index in [1.54, 1.807) is 12.3 Å². The van der Waals surface area contributed by atoms with Gasteiger partial charge in [0.2, 0.25) is 0 Å². The van der Waals surface area contributed by atoms with E-state index in [4.69, 9.17) is 16.3 Å². The molecule has 2 aromatic heterocycles. The maximum atomic E-state index is 13.4. The van der Waals surface area contributed by atoms with E-state index in [1.165, 1.54) is 0 Å². The van der Waals surface area contributed by atoms with Crippen LogP contribution in [-0.4, -0.2) is 50.0 Å². The van der Waals surface area contributed by atoms with Gasteiger partial charge in [0.05, 0.1) is 46.7 Å². The third-order valence-corrected chi connectivity index (χ3v) is 5.67. The number of hydrogen-bond donors (Lipinski definition) is 0. The first-order chi connectivity index (χ1) is 13.1. The first-order valence-corrected chi connectivity index (χ1v) is 9.35. The molecule has 0 unspecified atom stereocenters. The minimum absolute atomic E-state index is 0.00765. The number of carbonyl (C=O) groups excluding carboxylic acids is 1. The number of hydrogen-bond acceptors (Lipinski definition) is 5. The third kappa shape index (κ3) is 2.69. The van der Waals surface area contributed by atoms with Crippen LogP contribution in [0.3, 0.4) is 0 Å². The highest BCUT2D eigenvalue weighted by molar-refractivity contribution is 6.35. The lowest BCUT2D eigenvalue weighted by Crippen LogP contribution is -2.50. The van der Waals surface area contributed by atoms with Crippen LogP contribution in [0.15, 0.2) is 30.5 Å². The van der Waals surface area contributed by atoms with E-state index in [0.717, 1.165) is 23.2 Å². The molecule has 0 bridgehead atoms. The fraction of sp³-hybridized carbons (Fsp3) is 0.368. The summed E-state index contributed by atoms with van der Waals surface area (Å²) >= 11 is 6.30. The number of fused-ring (bicyclic) bond motifs is 4. The van der Waals surface area contributed by atoms with E-state index < -0.39 is 0 Å². The number of likely N-dealkylation sites (tertiary alicyclic amines) is 1. The standard InChI is InChI=1S/C19H18ClN5O2/c1-11-7-14(13-3-2-4-15(20)18(13)22-11)19(26)24-6-5-17-16(9-24)25-12(10-27-17)8-21-23-25/h2-4,7-8,16-17H,5-6,9-10H2,1H3/t16-,17-/m1/s1. The van der Waals surface area contributed by atoms with Gasteiger partial charge in [-0.1, -0.05) is 28.9 Å². The SMILES string of the molecule is Cc1cc(C(=O)N2CC[C@H]3OCc4cnnn4[C@@H]3C2)c2cccc(Cl)c2n1. The summed E-state index contributed by atoms with van der Waals surface area (Å²) in [5.41, 5.74) is 3.02. The zero-order valence-corrected chi connectivity index (χ0v) is 15.6. The molecule has 138 valence electrons. The van der Waals surface area contributed by atoms with Gasteiger partial charge in [0, 0.05) is 24.2 Å². The Kier molecular flexibility index (Phi) is 3.87. The molecule has 0 saturated carbocycles. The number of piperidine rings is 1. The number of pyridine rings is 1. The molecule has 0 N–H and O–H groups in total. The summed E-state index contributed by atoms with van der Waals surface area (Å²) in [5.74, 6) is -0.0153. The lowest BCUT2D eigenvalue weighted by Gasteiger charge is -2.41. The van der Waals surface area contributed by atoms with E-state index in [9.17, 15) is 4.79 Å². The Morgan fingerprint density at radius 3 is 3.15 bits per heavy atom. The lowest BCUT2D eigenvalue weighted by molar-refractivity contribution is -0.0604.